The van der Waals surface area contributed by atoms with Gasteiger partial charge in [0, 0.05) is 35.8 Å². The van der Waals surface area contributed by atoms with E-state index in [1.165, 1.54) is 30.4 Å². The number of nitrogens with zero attached hydrogens (tertiary/aromatic N) is 2. The fourth-order valence-electron chi connectivity index (χ4n) is 4.38. The maximum absolute atomic E-state index is 12.7. The van der Waals surface area contributed by atoms with Crippen LogP contribution in [-0.4, -0.2) is 28.6 Å². The maximum atomic E-state index is 12.7. The Morgan fingerprint density at radius 2 is 2.07 bits per heavy atom. The molecule has 2 heterocycles. The molecule has 1 aromatic carbocycles. The van der Waals surface area contributed by atoms with Crippen LogP contribution in [-0.2, 0) is 22.4 Å². The van der Waals surface area contributed by atoms with Crippen molar-refractivity contribution in [2.45, 2.75) is 51.4 Å². The Morgan fingerprint density at radius 1 is 1.26 bits per heavy atom. The van der Waals surface area contributed by atoms with Gasteiger partial charge in [0.25, 0.3) is 0 Å². The van der Waals surface area contributed by atoms with Crippen LogP contribution in [0.4, 0.5) is 11.5 Å². The molecule has 2 amide bonds. The number of hydrogen-bond donors (Lipinski definition) is 2. The highest BCUT2D eigenvalue weighted by Gasteiger charge is 2.36. The quantitative estimate of drug-likeness (QED) is 0.875. The Hall–Kier alpha value is -2.63. The third-order valence-electron chi connectivity index (χ3n) is 6.16. The van der Waals surface area contributed by atoms with Crippen LogP contribution in [0.3, 0.4) is 0 Å². The minimum atomic E-state index is -0.341. The first kappa shape index (κ1) is 16.5. The van der Waals surface area contributed by atoms with E-state index in [-0.39, 0.29) is 24.2 Å². The van der Waals surface area contributed by atoms with E-state index in [1.54, 1.807) is 4.90 Å². The van der Waals surface area contributed by atoms with Gasteiger partial charge >= 0.3 is 0 Å². The third kappa shape index (κ3) is 2.93. The lowest BCUT2D eigenvalue weighted by atomic mass is 10.1. The maximum Gasteiger partial charge on any atom is 0.231 e. The minimum absolute atomic E-state index is 0.0190. The molecule has 0 bridgehead atoms. The molecular weight excluding hydrogens is 340 g/mol. The van der Waals surface area contributed by atoms with Crippen LogP contribution in [0.25, 0.3) is 0 Å². The zero-order valence-electron chi connectivity index (χ0n) is 15.5. The van der Waals surface area contributed by atoms with E-state index >= 15 is 0 Å². The van der Waals surface area contributed by atoms with Crippen LogP contribution in [0, 0.1) is 12.8 Å². The van der Waals surface area contributed by atoms with E-state index in [1.807, 2.05) is 13.0 Å². The predicted octanol–water partition coefficient (Wildman–Crippen LogP) is 3.08. The Morgan fingerprint density at radius 3 is 2.89 bits per heavy atom. The molecule has 0 radical (unpaired) electrons. The van der Waals surface area contributed by atoms with E-state index in [0.29, 0.717) is 18.3 Å². The highest BCUT2D eigenvalue weighted by molar-refractivity contribution is 6.03. The second-order valence-corrected chi connectivity index (χ2v) is 8.09. The van der Waals surface area contributed by atoms with Gasteiger partial charge in [0.05, 0.1) is 5.92 Å². The van der Waals surface area contributed by atoms with Gasteiger partial charge in [-0.1, -0.05) is 6.07 Å². The van der Waals surface area contributed by atoms with E-state index in [4.69, 9.17) is 0 Å². The van der Waals surface area contributed by atoms with Crippen molar-refractivity contribution in [2.24, 2.45) is 5.92 Å². The molecule has 5 rings (SSSR count). The summed E-state index contributed by atoms with van der Waals surface area (Å²) in [5, 5.41) is 10.3. The first-order valence-electron chi connectivity index (χ1n) is 9.88. The van der Waals surface area contributed by atoms with Crippen LogP contribution in [0.15, 0.2) is 18.2 Å². The topological polar surface area (TPSA) is 78.1 Å². The van der Waals surface area contributed by atoms with Gasteiger partial charge in [-0.15, -0.1) is 0 Å². The Balaban J connectivity index is 1.29. The molecule has 1 unspecified atom stereocenters. The van der Waals surface area contributed by atoms with Crippen LogP contribution < -0.4 is 10.2 Å². The van der Waals surface area contributed by atoms with Gasteiger partial charge in [0.15, 0.2) is 5.82 Å². The largest absolute Gasteiger partial charge is 0.312 e. The highest BCUT2D eigenvalue weighted by Crippen LogP contribution is 2.41. The average molecular weight is 364 g/mol. The van der Waals surface area contributed by atoms with Crippen molar-refractivity contribution in [1.29, 1.82) is 0 Å². The van der Waals surface area contributed by atoms with Gasteiger partial charge in [0.1, 0.15) is 0 Å². The second kappa shape index (κ2) is 6.22. The van der Waals surface area contributed by atoms with Crippen LogP contribution in [0.5, 0.6) is 0 Å². The van der Waals surface area contributed by atoms with Crippen molar-refractivity contribution >= 4 is 23.3 Å². The van der Waals surface area contributed by atoms with Gasteiger partial charge in [-0.2, -0.15) is 5.10 Å². The lowest BCUT2D eigenvalue weighted by molar-refractivity contribution is -0.122. The fourth-order valence-corrected chi connectivity index (χ4v) is 4.38. The average Bonchev–Trinajstić information content (AvgIpc) is 3.09. The van der Waals surface area contributed by atoms with E-state index in [9.17, 15) is 9.59 Å². The summed E-state index contributed by atoms with van der Waals surface area (Å²) in [5.74, 6) is 0.720. The molecule has 1 aromatic heterocycles. The van der Waals surface area contributed by atoms with Crippen molar-refractivity contribution in [3.05, 3.63) is 40.6 Å². The fraction of sp³-hybridized carbons (Fsp3) is 0.476. The standard InChI is InChI=1S/C21H24N4O2/c1-12-19(14-5-6-14)23-24-20(12)22-21(27)16-10-18(26)25(11-16)17-8-7-13-3-2-4-15(13)9-17/h7-9,14,16H,2-6,10-11H2,1H3,(H2,22,23,24,27). The van der Waals surface area contributed by atoms with Crippen molar-refractivity contribution in [3.63, 3.8) is 0 Å². The van der Waals surface area contributed by atoms with Crippen LogP contribution >= 0.6 is 0 Å². The summed E-state index contributed by atoms with van der Waals surface area (Å²) in [6, 6.07) is 6.27. The molecule has 1 aliphatic heterocycles. The van der Waals surface area contributed by atoms with Crippen molar-refractivity contribution in [2.75, 3.05) is 16.8 Å². The van der Waals surface area contributed by atoms with Gasteiger partial charge in [-0.25, -0.2) is 0 Å². The van der Waals surface area contributed by atoms with E-state index in [0.717, 1.165) is 29.8 Å². The zero-order valence-corrected chi connectivity index (χ0v) is 15.5. The molecule has 0 spiro atoms. The number of anilines is 2. The number of aromatic amines is 1. The summed E-state index contributed by atoms with van der Waals surface area (Å²) in [6.07, 6.45) is 6.01. The van der Waals surface area contributed by atoms with Gasteiger partial charge in [-0.05, 0) is 62.3 Å². The molecule has 3 aliphatic rings. The normalized spacial score (nSPS) is 21.6. The molecule has 6 nitrogen and oxygen atoms in total. The van der Waals surface area contributed by atoms with Crippen LogP contribution in [0.1, 0.15) is 54.0 Å². The second-order valence-electron chi connectivity index (χ2n) is 8.09. The number of aryl methyl sites for hydroxylation is 2. The summed E-state index contributed by atoms with van der Waals surface area (Å²) in [6.45, 7) is 2.42. The summed E-state index contributed by atoms with van der Waals surface area (Å²) >= 11 is 0. The molecule has 2 N–H and O–H groups in total. The molecule has 6 heteroatoms. The SMILES string of the molecule is Cc1c(NC(=O)C2CC(=O)N(c3ccc4c(c3)CCC4)C2)n[nH]c1C1CC1. The van der Waals surface area contributed by atoms with Gasteiger partial charge < -0.3 is 10.2 Å². The summed E-state index contributed by atoms with van der Waals surface area (Å²) in [4.78, 5) is 27.0. The van der Waals surface area contributed by atoms with Crippen LogP contribution in [0.2, 0.25) is 0 Å². The molecule has 27 heavy (non-hydrogen) atoms. The number of amides is 2. The summed E-state index contributed by atoms with van der Waals surface area (Å²) < 4.78 is 0. The number of carbonyl (C=O) groups excluding carboxylic acids is 2. The summed E-state index contributed by atoms with van der Waals surface area (Å²) in [7, 11) is 0. The molecule has 2 aromatic rings. The molecule has 1 atom stereocenters. The predicted molar refractivity (Wildman–Crippen MR) is 103 cm³/mol. The molecule has 140 valence electrons. The Labute approximate surface area is 158 Å². The molecule has 2 aliphatic carbocycles. The minimum Gasteiger partial charge on any atom is -0.312 e. The van der Waals surface area contributed by atoms with E-state index < -0.39 is 0 Å². The number of hydrogen-bond acceptors (Lipinski definition) is 3. The number of carbonyl (C=O) groups is 2. The van der Waals surface area contributed by atoms with Crippen molar-refractivity contribution in [3.8, 4) is 0 Å². The zero-order chi connectivity index (χ0) is 18.5. The third-order valence-corrected chi connectivity index (χ3v) is 6.16. The molecule has 2 fully saturated rings. The molecule has 1 saturated heterocycles. The first-order chi connectivity index (χ1) is 13.1. The molecular formula is C21H24N4O2. The number of rotatable bonds is 4. The smallest absolute Gasteiger partial charge is 0.231 e. The lowest BCUT2D eigenvalue weighted by Gasteiger charge is -2.18. The number of fused-ring (bicyclic) bond motifs is 1. The Bertz CT molecular complexity index is 928. The molecule has 1 saturated carbocycles. The number of H-pyrrole nitrogens is 1. The number of benzene rings is 1. The Kier molecular flexibility index (Phi) is 3.81. The van der Waals surface area contributed by atoms with Crippen molar-refractivity contribution < 1.29 is 9.59 Å². The first-order valence-corrected chi connectivity index (χ1v) is 9.88. The van der Waals surface area contributed by atoms with Crippen molar-refractivity contribution in [1.82, 2.24) is 10.2 Å². The summed E-state index contributed by atoms with van der Waals surface area (Å²) in [5.41, 5.74) is 5.80. The van der Waals surface area contributed by atoms with Gasteiger partial charge in [0.2, 0.25) is 11.8 Å². The van der Waals surface area contributed by atoms with Gasteiger partial charge in [-0.3, -0.25) is 14.7 Å². The number of aromatic nitrogens is 2. The number of nitrogens with one attached hydrogen (secondary N) is 2. The highest BCUT2D eigenvalue weighted by atomic mass is 16.2. The lowest BCUT2D eigenvalue weighted by Crippen LogP contribution is -2.28. The monoisotopic (exact) mass is 364 g/mol. The van der Waals surface area contributed by atoms with E-state index in [2.05, 4.69) is 27.6 Å².